The van der Waals surface area contributed by atoms with Crippen molar-refractivity contribution < 1.29 is 14.3 Å². The third-order valence-electron chi connectivity index (χ3n) is 5.22. The monoisotopic (exact) mass is 335 g/mol. The molecule has 1 amide bonds. The van der Waals surface area contributed by atoms with Gasteiger partial charge in [0.15, 0.2) is 5.78 Å². The van der Waals surface area contributed by atoms with Crippen molar-refractivity contribution in [2.24, 2.45) is 0 Å². The molecule has 1 saturated heterocycles. The van der Waals surface area contributed by atoms with E-state index in [-0.39, 0.29) is 11.7 Å². The summed E-state index contributed by atoms with van der Waals surface area (Å²) in [6, 6.07) is 13.3. The number of hydrogen-bond donors (Lipinski definition) is 0. The molecule has 25 heavy (non-hydrogen) atoms. The number of nitrogens with zero attached hydrogens (tertiary/aromatic N) is 1. The number of ketones is 1. The fourth-order valence-corrected chi connectivity index (χ4v) is 3.83. The molecule has 4 heteroatoms. The first-order valence-corrected chi connectivity index (χ1v) is 8.65. The van der Waals surface area contributed by atoms with Gasteiger partial charge in [0, 0.05) is 18.5 Å². The van der Waals surface area contributed by atoms with Crippen LogP contribution in [0.25, 0.3) is 0 Å². The van der Waals surface area contributed by atoms with Crippen molar-refractivity contribution in [3.63, 3.8) is 0 Å². The van der Waals surface area contributed by atoms with Crippen molar-refractivity contribution in [3.8, 4) is 5.75 Å². The number of carbonyl (C=O) groups is 2. The van der Waals surface area contributed by atoms with Crippen LogP contribution in [0.2, 0.25) is 0 Å². The summed E-state index contributed by atoms with van der Waals surface area (Å²) < 4.78 is 6.21. The van der Waals surface area contributed by atoms with Gasteiger partial charge in [0.25, 0.3) is 5.91 Å². The Kier molecular flexibility index (Phi) is 3.64. The van der Waals surface area contributed by atoms with Gasteiger partial charge in [-0.15, -0.1) is 0 Å². The Labute approximate surface area is 147 Å². The number of fused-ring (bicyclic) bond motifs is 1. The van der Waals surface area contributed by atoms with Crippen LogP contribution in [-0.2, 0) is 0 Å². The van der Waals surface area contributed by atoms with Crippen LogP contribution in [0.3, 0.4) is 0 Å². The van der Waals surface area contributed by atoms with E-state index < -0.39 is 5.60 Å². The zero-order chi connectivity index (χ0) is 17.6. The molecule has 2 aromatic rings. The van der Waals surface area contributed by atoms with Crippen LogP contribution < -0.4 is 4.74 Å². The SMILES string of the molecule is Cc1ccc(C)c(C(=O)N2CCC3(CC(=O)c4ccccc4O3)C2)c1. The summed E-state index contributed by atoms with van der Waals surface area (Å²) in [6.07, 6.45) is 1.02. The lowest BCUT2D eigenvalue weighted by Crippen LogP contribution is -2.45. The topological polar surface area (TPSA) is 46.6 Å². The number of para-hydroxylation sites is 1. The van der Waals surface area contributed by atoms with Crippen molar-refractivity contribution in [1.82, 2.24) is 4.90 Å². The van der Waals surface area contributed by atoms with E-state index >= 15 is 0 Å². The van der Waals surface area contributed by atoms with Gasteiger partial charge >= 0.3 is 0 Å². The van der Waals surface area contributed by atoms with Crippen molar-refractivity contribution in [2.75, 3.05) is 13.1 Å². The molecule has 0 bridgehead atoms. The Morgan fingerprint density at radius 2 is 1.96 bits per heavy atom. The van der Waals surface area contributed by atoms with Crippen molar-refractivity contribution >= 4 is 11.7 Å². The van der Waals surface area contributed by atoms with Gasteiger partial charge < -0.3 is 9.64 Å². The largest absolute Gasteiger partial charge is 0.484 e. The van der Waals surface area contributed by atoms with Gasteiger partial charge in [-0.3, -0.25) is 9.59 Å². The summed E-state index contributed by atoms with van der Waals surface area (Å²) in [6.45, 7) is 5.01. The van der Waals surface area contributed by atoms with Crippen LogP contribution in [0.15, 0.2) is 42.5 Å². The number of benzene rings is 2. The summed E-state index contributed by atoms with van der Waals surface area (Å²) in [7, 11) is 0. The highest BCUT2D eigenvalue weighted by molar-refractivity contribution is 6.01. The number of hydrogen-bond acceptors (Lipinski definition) is 3. The van der Waals surface area contributed by atoms with Gasteiger partial charge in [-0.05, 0) is 37.6 Å². The fourth-order valence-electron chi connectivity index (χ4n) is 3.83. The highest BCUT2D eigenvalue weighted by Gasteiger charge is 2.47. The summed E-state index contributed by atoms with van der Waals surface area (Å²) >= 11 is 0. The predicted molar refractivity (Wildman–Crippen MR) is 95.2 cm³/mol. The summed E-state index contributed by atoms with van der Waals surface area (Å²) in [5.74, 6) is 0.760. The van der Waals surface area contributed by atoms with Crippen LogP contribution >= 0.6 is 0 Å². The molecule has 2 aliphatic heterocycles. The minimum atomic E-state index is -0.584. The second-order valence-corrected chi connectivity index (χ2v) is 7.18. The van der Waals surface area contributed by atoms with E-state index in [2.05, 4.69) is 0 Å². The average molecular weight is 335 g/mol. The summed E-state index contributed by atoms with van der Waals surface area (Å²) in [5.41, 5.74) is 2.84. The lowest BCUT2D eigenvalue weighted by molar-refractivity contribution is 0.0428. The normalized spacial score (nSPS) is 22.0. The molecule has 128 valence electrons. The number of rotatable bonds is 1. The fraction of sp³-hybridized carbons (Fsp3) is 0.333. The quantitative estimate of drug-likeness (QED) is 0.800. The molecular weight excluding hydrogens is 314 g/mol. The number of ether oxygens (including phenoxy) is 1. The third kappa shape index (κ3) is 2.72. The van der Waals surface area contributed by atoms with Crippen molar-refractivity contribution in [2.45, 2.75) is 32.3 Å². The van der Waals surface area contributed by atoms with Crippen LogP contribution in [-0.4, -0.2) is 35.3 Å². The second kappa shape index (κ2) is 5.73. The molecular formula is C21H21NO3. The molecule has 1 atom stereocenters. The summed E-state index contributed by atoms with van der Waals surface area (Å²) in [4.78, 5) is 27.3. The lowest BCUT2D eigenvalue weighted by Gasteiger charge is -2.34. The van der Waals surface area contributed by atoms with Gasteiger partial charge in [-0.2, -0.15) is 0 Å². The van der Waals surface area contributed by atoms with Crippen LogP contribution in [0.4, 0.5) is 0 Å². The highest BCUT2D eigenvalue weighted by atomic mass is 16.5. The van der Waals surface area contributed by atoms with Gasteiger partial charge in [0.2, 0.25) is 0 Å². The smallest absolute Gasteiger partial charge is 0.254 e. The predicted octanol–water partition coefficient (Wildman–Crippen LogP) is 3.55. The highest BCUT2D eigenvalue weighted by Crippen LogP contribution is 2.39. The van der Waals surface area contributed by atoms with E-state index in [4.69, 9.17) is 4.74 Å². The van der Waals surface area contributed by atoms with Crippen molar-refractivity contribution in [3.05, 3.63) is 64.7 Å². The number of Topliss-reactive ketones (excluding diaryl/α,β-unsaturated/α-hetero) is 1. The Morgan fingerprint density at radius 3 is 2.80 bits per heavy atom. The first-order chi connectivity index (χ1) is 12.0. The molecule has 4 rings (SSSR count). The zero-order valence-corrected chi connectivity index (χ0v) is 14.5. The molecule has 2 heterocycles. The Hall–Kier alpha value is -2.62. The molecule has 0 N–H and O–H groups in total. The number of amides is 1. The standard InChI is InChI=1S/C21H21NO3/c1-14-7-8-15(2)17(11-14)20(24)22-10-9-21(13-22)12-18(23)16-5-3-4-6-19(16)25-21/h3-8,11H,9-10,12-13H2,1-2H3. The molecule has 0 radical (unpaired) electrons. The van der Waals surface area contributed by atoms with E-state index in [9.17, 15) is 9.59 Å². The maximum atomic E-state index is 13.0. The number of aryl methyl sites for hydroxylation is 2. The lowest BCUT2D eigenvalue weighted by atomic mass is 9.89. The molecule has 0 aliphatic carbocycles. The Bertz CT molecular complexity index is 873. The van der Waals surface area contributed by atoms with Gasteiger partial charge in [-0.1, -0.05) is 29.8 Å². The molecule has 4 nitrogen and oxygen atoms in total. The van der Waals surface area contributed by atoms with E-state index in [1.54, 1.807) is 6.07 Å². The molecule has 2 aliphatic rings. The minimum Gasteiger partial charge on any atom is -0.484 e. The molecule has 0 aromatic heterocycles. The molecule has 2 aromatic carbocycles. The van der Waals surface area contributed by atoms with Crippen LogP contribution in [0.5, 0.6) is 5.75 Å². The Morgan fingerprint density at radius 1 is 1.16 bits per heavy atom. The minimum absolute atomic E-state index is 0.0213. The second-order valence-electron chi connectivity index (χ2n) is 7.18. The summed E-state index contributed by atoms with van der Waals surface area (Å²) in [5, 5.41) is 0. The van der Waals surface area contributed by atoms with Crippen LogP contribution in [0, 0.1) is 13.8 Å². The van der Waals surface area contributed by atoms with E-state index in [1.165, 1.54) is 0 Å². The average Bonchev–Trinajstić information content (AvgIpc) is 2.99. The maximum Gasteiger partial charge on any atom is 0.254 e. The van der Waals surface area contributed by atoms with E-state index in [1.807, 2.05) is 55.1 Å². The van der Waals surface area contributed by atoms with Crippen LogP contribution in [0.1, 0.15) is 44.7 Å². The van der Waals surface area contributed by atoms with Gasteiger partial charge in [0.1, 0.15) is 11.4 Å². The van der Waals surface area contributed by atoms with E-state index in [0.717, 1.165) is 16.7 Å². The Balaban J connectivity index is 1.59. The molecule has 1 spiro atoms. The first-order valence-electron chi connectivity index (χ1n) is 8.65. The molecule has 1 unspecified atom stereocenters. The maximum absolute atomic E-state index is 13.0. The third-order valence-corrected chi connectivity index (χ3v) is 5.22. The number of carbonyl (C=O) groups excluding carboxylic acids is 2. The first kappa shape index (κ1) is 15.9. The van der Waals surface area contributed by atoms with E-state index in [0.29, 0.717) is 37.2 Å². The molecule has 0 saturated carbocycles. The van der Waals surface area contributed by atoms with Crippen molar-refractivity contribution in [1.29, 1.82) is 0 Å². The number of likely N-dealkylation sites (tertiary alicyclic amines) is 1. The zero-order valence-electron chi connectivity index (χ0n) is 14.5. The van der Waals surface area contributed by atoms with Gasteiger partial charge in [0.05, 0.1) is 18.5 Å². The van der Waals surface area contributed by atoms with Gasteiger partial charge in [-0.25, -0.2) is 0 Å². The molecule has 1 fully saturated rings.